The van der Waals surface area contributed by atoms with Crippen molar-refractivity contribution >= 4 is 0 Å². The number of rotatable bonds is 23. The maximum absolute atomic E-state index is 9.15. The Morgan fingerprint density at radius 2 is 1.17 bits per heavy atom. The van der Waals surface area contributed by atoms with E-state index in [-0.39, 0.29) is 39.1 Å². The molecule has 0 radical (unpaired) electrons. The molecule has 0 spiro atoms. The second-order valence-corrected chi connectivity index (χ2v) is 6.93. The molecule has 178 valence electrons. The maximum atomic E-state index is 9.15. The molecule has 11 nitrogen and oxygen atoms in total. The molecule has 0 bridgehead atoms. The van der Waals surface area contributed by atoms with E-state index in [0.29, 0.717) is 33.0 Å². The third-order valence-corrected chi connectivity index (χ3v) is 4.06. The average Bonchev–Trinajstić information content (AvgIpc) is 2.76. The Bertz CT molecular complexity index is 413. The molecule has 0 heterocycles. The van der Waals surface area contributed by atoms with Crippen LogP contribution in [0, 0.1) is 0 Å². The molecule has 0 fully saturated rings. The first-order chi connectivity index (χ1) is 14.6. The lowest BCUT2D eigenvalue weighted by Gasteiger charge is -2.16. The molecule has 0 rings (SSSR count). The van der Waals surface area contributed by atoms with Crippen molar-refractivity contribution in [2.75, 3.05) is 66.0 Å². The van der Waals surface area contributed by atoms with Gasteiger partial charge in [0.1, 0.15) is 12.2 Å². The molecule has 3 atom stereocenters. The van der Waals surface area contributed by atoms with Crippen molar-refractivity contribution in [2.24, 2.45) is 5.11 Å². The summed E-state index contributed by atoms with van der Waals surface area (Å²) in [6.45, 7) is 2.44. The van der Waals surface area contributed by atoms with Crippen LogP contribution in [0.4, 0.5) is 0 Å². The predicted molar refractivity (Wildman–Crippen MR) is 110 cm³/mol. The van der Waals surface area contributed by atoms with Gasteiger partial charge in [0.15, 0.2) is 0 Å². The minimum absolute atomic E-state index is 0.137. The summed E-state index contributed by atoms with van der Waals surface area (Å²) in [6, 6.07) is 0. The van der Waals surface area contributed by atoms with Crippen molar-refractivity contribution in [3.63, 3.8) is 0 Å². The van der Waals surface area contributed by atoms with Gasteiger partial charge in [0.25, 0.3) is 0 Å². The summed E-state index contributed by atoms with van der Waals surface area (Å²) in [5.41, 5.74) is 8.50. The number of aliphatic hydroxyl groups is 4. The SMILES string of the molecule is [N-]=[N+]=NCC(COCCCCCOCC(O)CO)OCCCCCOCC(O)CO. The number of nitrogens with zero attached hydrogens (tertiary/aromatic N) is 3. The van der Waals surface area contributed by atoms with Gasteiger partial charge in [0.2, 0.25) is 0 Å². The van der Waals surface area contributed by atoms with Gasteiger partial charge in [-0.2, -0.15) is 0 Å². The quantitative estimate of drug-likeness (QED) is 0.0787. The lowest BCUT2D eigenvalue weighted by atomic mass is 10.2. The van der Waals surface area contributed by atoms with Crippen LogP contribution in [0.5, 0.6) is 0 Å². The molecule has 0 aromatic heterocycles. The van der Waals surface area contributed by atoms with Gasteiger partial charge in [-0.25, -0.2) is 0 Å². The second kappa shape index (κ2) is 22.7. The molecular formula is C19H39N3O8. The molecule has 11 heteroatoms. The number of unbranched alkanes of at least 4 members (excludes halogenated alkanes) is 4. The summed E-state index contributed by atoms with van der Waals surface area (Å²) < 4.78 is 21.8. The summed E-state index contributed by atoms with van der Waals surface area (Å²) in [5, 5.41) is 39.2. The number of hydrogen-bond acceptors (Lipinski definition) is 9. The Labute approximate surface area is 178 Å². The molecule has 0 aromatic rings. The predicted octanol–water partition coefficient (Wildman–Crippen LogP) is 0.779. The standard InChI is InChI=1S/C19H39N3O8/c20-22-21-11-19(30-10-6-2-5-8-28-15-18(26)13-24)16-29-9-4-1-3-7-27-14-17(25)12-23/h17-19,23-26H,1-16H2. The average molecular weight is 438 g/mol. The molecule has 0 aliphatic rings. The maximum Gasteiger partial charge on any atom is 0.100 e. The monoisotopic (exact) mass is 437 g/mol. The highest BCUT2D eigenvalue weighted by molar-refractivity contribution is 4.62. The summed E-state index contributed by atoms with van der Waals surface area (Å²) in [7, 11) is 0. The molecule has 0 aliphatic carbocycles. The molecular weight excluding hydrogens is 398 g/mol. The van der Waals surface area contributed by atoms with Crippen molar-refractivity contribution in [1.82, 2.24) is 0 Å². The van der Waals surface area contributed by atoms with E-state index in [9.17, 15) is 0 Å². The first kappa shape index (κ1) is 29.0. The van der Waals surface area contributed by atoms with Crippen LogP contribution in [-0.4, -0.2) is 105 Å². The van der Waals surface area contributed by atoms with Crippen LogP contribution in [0.1, 0.15) is 38.5 Å². The summed E-state index contributed by atoms with van der Waals surface area (Å²) >= 11 is 0. The van der Waals surface area contributed by atoms with Crippen LogP contribution in [0.3, 0.4) is 0 Å². The van der Waals surface area contributed by atoms with Gasteiger partial charge in [0.05, 0.1) is 45.7 Å². The Morgan fingerprint density at radius 3 is 1.63 bits per heavy atom. The van der Waals surface area contributed by atoms with Crippen LogP contribution in [-0.2, 0) is 18.9 Å². The summed E-state index contributed by atoms with van der Waals surface area (Å²) in [5.74, 6) is 0. The van der Waals surface area contributed by atoms with E-state index in [0.717, 1.165) is 38.5 Å². The van der Waals surface area contributed by atoms with Crippen molar-refractivity contribution in [2.45, 2.75) is 56.8 Å². The zero-order chi connectivity index (χ0) is 22.3. The fraction of sp³-hybridized carbons (Fsp3) is 1.00. The van der Waals surface area contributed by atoms with Crippen molar-refractivity contribution in [3.8, 4) is 0 Å². The fourth-order valence-electron chi connectivity index (χ4n) is 2.36. The molecule has 0 amide bonds. The highest BCUT2D eigenvalue weighted by Crippen LogP contribution is 2.03. The minimum Gasteiger partial charge on any atom is -0.394 e. The highest BCUT2D eigenvalue weighted by Gasteiger charge is 2.08. The summed E-state index contributed by atoms with van der Waals surface area (Å²) in [6.07, 6.45) is 3.30. The topological polar surface area (TPSA) is 167 Å². The molecule has 0 aliphatic heterocycles. The Kier molecular flexibility index (Phi) is 21.9. The number of ether oxygens (including phenoxy) is 4. The molecule has 4 N–H and O–H groups in total. The van der Waals surface area contributed by atoms with Crippen molar-refractivity contribution < 1.29 is 39.4 Å². The molecule has 3 unspecified atom stereocenters. The van der Waals surface area contributed by atoms with Gasteiger partial charge in [0, 0.05) is 31.3 Å². The van der Waals surface area contributed by atoms with E-state index < -0.39 is 12.2 Å². The largest absolute Gasteiger partial charge is 0.394 e. The fourth-order valence-corrected chi connectivity index (χ4v) is 2.36. The zero-order valence-corrected chi connectivity index (χ0v) is 17.8. The van der Waals surface area contributed by atoms with Gasteiger partial charge in [-0.15, -0.1) is 0 Å². The third kappa shape index (κ3) is 20.3. The molecule has 0 saturated heterocycles. The Hall–Kier alpha value is -1.01. The van der Waals surface area contributed by atoms with Crippen LogP contribution in [0.2, 0.25) is 0 Å². The van der Waals surface area contributed by atoms with Crippen molar-refractivity contribution in [1.29, 1.82) is 0 Å². The van der Waals surface area contributed by atoms with Gasteiger partial charge >= 0.3 is 0 Å². The second-order valence-electron chi connectivity index (χ2n) is 6.93. The zero-order valence-electron chi connectivity index (χ0n) is 17.8. The third-order valence-electron chi connectivity index (χ3n) is 4.06. The van der Waals surface area contributed by atoms with E-state index in [1.165, 1.54) is 0 Å². The van der Waals surface area contributed by atoms with E-state index in [2.05, 4.69) is 10.0 Å². The van der Waals surface area contributed by atoms with Gasteiger partial charge in [-0.1, -0.05) is 5.11 Å². The Morgan fingerprint density at radius 1 is 0.700 bits per heavy atom. The lowest BCUT2D eigenvalue weighted by Crippen LogP contribution is -2.24. The first-order valence-corrected chi connectivity index (χ1v) is 10.6. The normalized spacial score (nSPS) is 14.3. The van der Waals surface area contributed by atoms with Gasteiger partial charge in [-0.05, 0) is 44.1 Å². The number of hydrogen-bond donors (Lipinski definition) is 4. The molecule has 0 saturated carbocycles. The van der Waals surface area contributed by atoms with Gasteiger partial charge < -0.3 is 39.4 Å². The first-order valence-electron chi connectivity index (χ1n) is 10.6. The molecule has 0 aromatic carbocycles. The van der Waals surface area contributed by atoms with Gasteiger partial charge in [-0.3, -0.25) is 0 Å². The number of aliphatic hydroxyl groups excluding tert-OH is 4. The van der Waals surface area contributed by atoms with E-state index in [1.54, 1.807) is 0 Å². The molecule has 30 heavy (non-hydrogen) atoms. The van der Waals surface area contributed by atoms with Crippen LogP contribution >= 0.6 is 0 Å². The van der Waals surface area contributed by atoms with E-state index in [1.807, 2.05) is 0 Å². The van der Waals surface area contributed by atoms with E-state index in [4.69, 9.17) is 44.9 Å². The lowest BCUT2D eigenvalue weighted by molar-refractivity contribution is -0.0158. The number of azide groups is 1. The van der Waals surface area contributed by atoms with Crippen molar-refractivity contribution in [3.05, 3.63) is 10.4 Å². The Balaban J connectivity index is 3.63. The highest BCUT2D eigenvalue weighted by atomic mass is 16.5. The van der Waals surface area contributed by atoms with E-state index >= 15 is 0 Å². The summed E-state index contributed by atoms with van der Waals surface area (Å²) in [4.78, 5) is 2.77. The van der Waals surface area contributed by atoms with Crippen LogP contribution in [0.25, 0.3) is 10.4 Å². The van der Waals surface area contributed by atoms with Crippen LogP contribution < -0.4 is 0 Å². The van der Waals surface area contributed by atoms with Crippen LogP contribution in [0.15, 0.2) is 5.11 Å². The minimum atomic E-state index is -0.825. The smallest absolute Gasteiger partial charge is 0.100 e.